The van der Waals surface area contributed by atoms with Gasteiger partial charge in [-0.2, -0.15) is 0 Å². The van der Waals surface area contributed by atoms with Gasteiger partial charge >= 0.3 is 0 Å². The number of benzene rings is 6. The highest BCUT2D eigenvalue weighted by Gasteiger charge is 2.53. The fourth-order valence-electron chi connectivity index (χ4n) is 7.75. The zero-order valence-corrected chi connectivity index (χ0v) is 29.1. The Balaban J connectivity index is 1.81. The number of hydrogen-bond donors (Lipinski definition) is 0. The summed E-state index contributed by atoms with van der Waals surface area (Å²) in [5.41, 5.74) is 8.96. The number of halogens is 5. The molecule has 0 bridgehead atoms. The van der Waals surface area contributed by atoms with Crippen LogP contribution in [0.2, 0.25) is 15.1 Å². The van der Waals surface area contributed by atoms with Crippen LogP contribution in [0, 0.1) is 18.6 Å². The molecular weight excluding hydrogens is 673 g/mol. The third-order valence-corrected chi connectivity index (χ3v) is 10.4. The van der Waals surface area contributed by atoms with Crippen molar-refractivity contribution in [3.63, 3.8) is 0 Å². The Morgan fingerprint density at radius 1 is 0.510 bits per heavy atom. The van der Waals surface area contributed by atoms with Crippen LogP contribution in [0.3, 0.4) is 0 Å². The molecule has 5 heteroatoms. The summed E-state index contributed by atoms with van der Waals surface area (Å²) in [5, 5.41) is 1.74. The highest BCUT2D eigenvalue weighted by Crippen LogP contribution is 2.65. The van der Waals surface area contributed by atoms with Gasteiger partial charge in [0.1, 0.15) is 11.6 Å². The summed E-state index contributed by atoms with van der Waals surface area (Å²) in [6.45, 7) is 4.21. The van der Waals surface area contributed by atoms with Crippen molar-refractivity contribution in [2.45, 2.75) is 25.2 Å². The minimum Gasteiger partial charge on any atom is -0.207 e. The van der Waals surface area contributed by atoms with E-state index in [9.17, 15) is 4.39 Å². The van der Waals surface area contributed by atoms with E-state index in [1.165, 1.54) is 18.2 Å². The van der Waals surface area contributed by atoms with E-state index in [4.69, 9.17) is 34.8 Å². The van der Waals surface area contributed by atoms with Gasteiger partial charge < -0.3 is 0 Å². The molecule has 0 radical (unpaired) electrons. The maximum Gasteiger partial charge on any atom is 0.123 e. The van der Waals surface area contributed by atoms with Crippen molar-refractivity contribution in [3.8, 4) is 0 Å². The summed E-state index contributed by atoms with van der Waals surface area (Å²) in [5.74, 6) is -1.12. The van der Waals surface area contributed by atoms with Crippen LogP contribution >= 0.6 is 34.8 Å². The summed E-state index contributed by atoms with van der Waals surface area (Å²) < 4.78 is 29.9. The standard InChI is InChI=1S/C44H31Cl3F2/c1-27-9-3-4-14-37(27)44(38-15-5-6-16-39(38)47)42(30-19-23-35(48)24-20-30)28(2)40(31-10-8-13-36(49)26-31)41(29-17-21-33(45)22-18-29)43(44)32-11-7-12-34(46)25-32/h3-26,42H,1-2H3. The van der Waals surface area contributed by atoms with Gasteiger partial charge in [-0.25, -0.2) is 8.78 Å². The Morgan fingerprint density at radius 3 is 1.84 bits per heavy atom. The fourth-order valence-corrected chi connectivity index (χ4v) is 8.35. The van der Waals surface area contributed by atoms with Crippen molar-refractivity contribution in [3.05, 3.63) is 217 Å². The number of rotatable bonds is 6. The van der Waals surface area contributed by atoms with Crippen LogP contribution in [0.5, 0.6) is 0 Å². The van der Waals surface area contributed by atoms with Crippen LogP contribution in [0.1, 0.15) is 51.8 Å². The molecule has 2 unspecified atom stereocenters. The fraction of sp³-hybridized carbons (Fsp3) is 0.0909. The van der Waals surface area contributed by atoms with Gasteiger partial charge in [0.25, 0.3) is 0 Å². The Bertz CT molecular complexity index is 2200. The molecule has 0 nitrogen and oxygen atoms in total. The third kappa shape index (κ3) is 5.82. The Hall–Kier alpha value is -4.47. The Kier molecular flexibility index (Phi) is 9.07. The van der Waals surface area contributed by atoms with Crippen molar-refractivity contribution >= 4 is 51.5 Å². The normalized spacial score (nSPS) is 17.8. The van der Waals surface area contributed by atoms with E-state index in [0.29, 0.717) is 20.6 Å². The highest BCUT2D eigenvalue weighted by atomic mass is 35.5. The molecule has 6 aromatic carbocycles. The van der Waals surface area contributed by atoms with E-state index in [2.05, 4.69) is 38.1 Å². The lowest BCUT2D eigenvalue weighted by atomic mass is 9.51. The molecule has 6 aromatic rings. The molecule has 1 aliphatic carbocycles. The smallest absolute Gasteiger partial charge is 0.123 e. The van der Waals surface area contributed by atoms with Crippen molar-refractivity contribution in [1.29, 1.82) is 0 Å². The largest absolute Gasteiger partial charge is 0.207 e. The predicted octanol–water partition coefficient (Wildman–Crippen LogP) is 13.4. The second-order valence-electron chi connectivity index (χ2n) is 12.4. The van der Waals surface area contributed by atoms with Gasteiger partial charge in [-0.05, 0) is 124 Å². The molecule has 242 valence electrons. The second kappa shape index (κ2) is 13.4. The number of aryl methyl sites for hydroxylation is 1. The molecule has 49 heavy (non-hydrogen) atoms. The zero-order valence-electron chi connectivity index (χ0n) is 26.8. The van der Waals surface area contributed by atoms with Crippen LogP contribution in [0.15, 0.2) is 151 Å². The molecule has 0 spiro atoms. The topological polar surface area (TPSA) is 0 Å². The van der Waals surface area contributed by atoms with Gasteiger partial charge in [0.15, 0.2) is 0 Å². The molecule has 2 atom stereocenters. The number of allylic oxidation sites excluding steroid dienone is 4. The van der Waals surface area contributed by atoms with Crippen molar-refractivity contribution in [1.82, 2.24) is 0 Å². The molecule has 0 saturated carbocycles. The summed E-state index contributed by atoms with van der Waals surface area (Å²) in [4.78, 5) is 0. The SMILES string of the molecule is CC1=C(c2cccc(F)c2)C(c2ccc(Cl)cc2)=C(c2cccc(Cl)c2)C(c2ccccc2C)(c2ccccc2Cl)C1c1ccc(F)cc1. The molecule has 0 aromatic heterocycles. The lowest BCUT2D eigenvalue weighted by molar-refractivity contribution is 0.558. The molecule has 0 heterocycles. The molecule has 7 rings (SSSR count). The molecule has 0 fully saturated rings. The quantitative estimate of drug-likeness (QED) is 0.162. The molecule has 0 aliphatic heterocycles. The monoisotopic (exact) mass is 702 g/mol. The molecule has 1 aliphatic rings. The Morgan fingerprint density at radius 2 is 1.16 bits per heavy atom. The van der Waals surface area contributed by atoms with Gasteiger partial charge in [0.05, 0.1) is 5.41 Å². The van der Waals surface area contributed by atoms with E-state index in [0.717, 1.165) is 55.7 Å². The van der Waals surface area contributed by atoms with Gasteiger partial charge in [0, 0.05) is 21.0 Å². The van der Waals surface area contributed by atoms with E-state index < -0.39 is 11.3 Å². The summed E-state index contributed by atoms with van der Waals surface area (Å²) >= 11 is 20.7. The maximum absolute atomic E-state index is 15.2. The van der Waals surface area contributed by atoms with Gasteiger partial charge in [0.2, 0.25) is 0 Å². The maximum atomic E-state index is 15.2. The van der Waals surface area contributed by atoms with E-state index >= 15 is 4.39 Å². The number of hydrogen-bond acceptors (Lipinski definition) is 0. The van der Waals surface area contributed by atoms with E-state index in [1.807, 2.05) is 91.0 Å². The molecular formula is C44H31Cl3F2. The van der Waals surface area contributed by atoms with Crippen molar-refractivity contribution in [2.24, 2.45) is 0 Å². The molecule has 0 N–H and O–H groups in total. The van der Waals surface area contributed by atoms with Crippen LogP contribution in [0.25, 0.3) is 16.7 Å². The van der Waals surface area contributed by atoms with Crippen LogP contribution in [-0.2, 0) is 5.41 Å². The lowest BCUT2D eigenvalue weighted by Gasteiger charge is -2.51. The minimum atomic E-state index is -0.998. The average molecular weight is 704 g/mol. The van der Waals surface area contributed by atoms with Crippen LogP contribution in [0.4, 0.5) is 8.78 Å². The first kappa shape index (κ1) is 33.0. The highest BCUT2D eigenvalue weighted by molar-refractivity contribution is 6.33. The summed E-state index contributed by atoms with van der Waals surface area (Å²) in [6, 6.07) is 45.2. The third-order valence-electron chi connectivity index (χ3n) is 9.59. The first-order chi connectivity index (χ1) is 23.7. The molecule has 0 amide bonds. The summed E-state index contributed by atoms with van der Waals surface area (Å²) in [7, 11) is 0. The van der Waals surface area contributed by atoms with E-state index in [-0.39, 0.29) is 11.6 Å². The van der Waals surface area contributed by atoms with Crippen LogP contribution in [-0.4, -0.2) is 0 Å². The van der Waals surface area contributed by atoms with Crippen molar-refractivity contribution in [2.75, 3.05) is 0 Å². The van der Waals surface area contributed by atoms with Gasteiger partial charge in [-0.3, -0.25) is 0 Å². The summed E-state index contributed by atoms with van der Waals surface area (Å²) in [6.07, 6.45) is 0. The predicted molar refractivity (Wildman–Crippen MR) is 201 cm³/mol. The van der Waals surface area contributed by atoms with Crippen LogP contribution < -0.4 is 0 Å². The van der Waals surface area contributed by atoms with Crippen molar-refractivity contribution < 1.29 is 8.78 Å². The first-order valence-corrected chi connectivity index (χ1v) is 17.1. The first-order valence-electron chi connectivity index (χ1n) is 16.0. The Labute approximate surface area is 300 Å². The zero-order chi connectivity index (χ0) is 34.3. The second-order valence-corrected chi connectivity index (χ2v) is 13.7. The van der Waals surface area contributed by atoms with E-state index in [1.54, 1.807) is 12.1 Å². The minimum absolute atomic E-state index is 0.335. The average Bonchev–Trinajstić information content (AvgIpc) is 3.09. The molecule has 0 saturated heterocycles. The lowest BCUT2D eigenvalue weighted by Crippen LogP contribution is -2.41. The van der Waals surface area contributed by atoms with Gasteiger partial charge in [-0.15, -0.1) is 0 Å². The van der Waals surface area contributed by atoms with Gasteiger partial charge in [-0.1, -0.05) is 131 Å².